The predicted molar refractivity (Wildman–Crippen MR) is 107 cm³/mol. The van der Waals surface area contributed by atoms with Gasteiger partial charge in [-0.25, -0.2) is 9.59 Å². The molecule has 0 saturated heterocycles. The third-order valence-corrected chi connectivity index (χ3v) is 4.52. The van der Waals surface area contributed by atoms with E-state index in [2.05, 4.69) is 30.9 Å². The molecule has 0 aliphatic heterocycles. The number of rotatable bonds is 9. The topological polar surface area (TPSA) is 96.3 Å². The molecule has 28 heavy (non-hydrogen) atoms. The minimum absolute atomic E-state index is 0.558. The lowest BCUT2D eigenvalue weighted by Crippen LogP contribution is -2.37. The van der Waals surface area contributed by atoms with Crippen LogP contribution in [0.2, 0.25) is 0 Å². The maximum absolute atomic E-state index is 9.55. The van der Waals surface area contributed by atoms with Crippen molar-refractivity contribution >= 4 is 11.9 Å². The number of nitrogens with zero attached hydrogens (tertiary/aromatic N) is 1. The summed E-state index contributed by atoms with van der Waals surface area (Å²) in [6.07, 6.45) is 5.83. The van der Waals surface area contributed by atoms with E-state index in [1.54, 1.807) is 14.2 Å². The first-order chi connectivity index (χ1) is 13.4. The number of carboxylic acids is 2. The highest BCUT2D eigenvalue weighted by molar-refractivity contribution is 5.89. The molecule has 1 aliphatic carbocycles. The van der Waals surface area contributed by atoms with E-state index in [-0.39, 0.29) is 0 Å². The molecule has 0 fully saturated rings. The molecule has 7 nitrogen and oxygen atoms in total. The number of carbonyl (C=O) groups is 2. The Morgan fingerprint density at radius 1 is 0.964 bits per heavy atom. The summed E-state index contributed by atoms with van der Waals surface area (Å²) >= 11 is 0. The van der Waals surface area contributed by atoms with Gasteiger partial charge in [-0.15, -0.1) is 0 Å². The molecule has 0 radical (unpaired) electrons. The Balaban J connectivity index is 0.000000416. The van der Waals surface area contributed by atoms with Crippen molar-refractivity contribution in [2.75, 3.05) is 27.3 Å². The van der Waals surface area contributed by atoms with E-state index in [0.717, 1.165) is 24.3 Å². The van der Waals surface area contributed by atoms with Gasteiger partial charge in [-0.1, -0.05) is 13.8 Å². The fourth-order valence-electron chi connectivity index (χ4n) is 3.38. The van der Waals surface area contributed by atoms with E-state index >= 15 is 0 Å². The first-order valence-electron chi connectivity index (χ1n) is 9.47. The molecule has 0 heterocycles. The number of hydrogen-bond donors (Lipinski definition) is 2. The Morgan fingerprint density at radius 3 is 1.64 bits per heavy atom. The van der Waals surface area contributed by atoms with Crippen molar-refractivity contribution in [1.29, 1.82) is 0 Å². The van der Waals surface area contributed by atoms with Crippen LogP contribution in [-0.2, 0) is 22.4 Å². The number of carboxylic acid groups (broad SMARTS) is 2. The fraction of sp³-hybridized carbons (Fsp3) is 0.524. The molecule has 0 saturated carbocycles. The molecule has 1 aromatic rings. The van der Waals surface area contributed by atoms with Crippen LogP contribution in [0.3, 0.4) is 0 Å². The number of benzene rings is 1. The Morgan fingerprint density at radius 2 is 1.36 bits per heavy atom. The summed E-state index contributed by atoms with van der Waals surface area (Å²) in [5, 5.41) is 15.6. The van der Waals surface area contributed by atoms with Gasteiger partial charge < -0.3 is 19.7 Å². The van der Waals surface area contributed by atoms with E-state index < -0.39 is 11.9 Å². The largest absolute Gasteiger partial charge is 0.493 e. The van der Waals surface area contributed by atoms with Gasteiger partial charge in [-0.05, 0) is 62.0 Å². The molecule has 156 valence electrons. The average Bonchev–Trinajstić information content (AvgIpc) is 3.08. The van der Waals surface area contributed by atoms with Crippen LogP contribution in [0.1, 0.15) is 37.8 Å². The molecule has 0 spiro atoms. The van der Waals surface area contributed by atoms with Gasteiger partial charge in [-0.2, -0.15) is 0 Å². The molecule has 2 rings (SSSR count). The van der Waals surface area contributed by atoms with E-state index in [1.807, 2.05) is 0 Å². The van der Waals surface area contributed by atoms with Crippen LogP contribution in [0.4, 0.5) is 0 Å². The Hall–Kier alpha value is -2.54. The molecular weight excluding hydrogens is 362 g/mol. The van der Waals surface area contributed by atoms with Crippen LogP contribution in [0, 0.1) is 0 Å². The van der Waals surface area contributed by atoms with Crippen LogP contribution in [0.25, 0.3) is 0 Å². The lowest BCUT2D eigenvalue weighted by atomic mass is 10.1. The third-order valence-electron chi connectivity index (χ3n) is 4.52. The molecule has 0 aromatic heterocycles. The molecule has 0 unspecified atom stereocenters. The van der Waals surface area contributed by atoms with E-state index in [1.165, 1.54) is 37.1 Å². The molecule has 2 N–H and O–H groups in total. The average molecular weight is 393 g/mol. The number of ether oxygens (including phenoxy) is 2. The third kappa shape index (κ3) is 7.23. The summed E-state index contributed by atoms with van der Waals surface area (Å²) in [5.74, 6) is -0.811. The highest BCUT2D eigenvalue weighted by Crippen LogP contribution is 2.36. The molecule has 0 atom stereocenters. The summed E-state index contributed by atoms with van der Waals surface area (Å²) in [4.78, 5) is 21.7. The zero-order valence-electron chi connectivity index (χ0n) is 17.1. The Labute approximate surface area is 166 Å². The Kier molecular flexibility index (Phi) is 10.1. The van der Waals surface area contributed by atoms with Crippen molar-refractivity contribution in [3.05, 3.63) is 35.4 Å². The minimum atomic E-state index is -1.26. The maximum Gasteiger partial charge on any atom is 0.328 e. The Bertz CT molecular complexity index is 631. The highest BCUT2D eigenvalue weighted by Gasteiger charge is 2.27. The number of aliphatic carboxylic acids is 2. The molecule has 1 aliphatic rings. The van der Waals surface area contributed by atoms with Crippen LogP contribution in [-0.4, -0.2) is 60.4 Å². The predicted octanol–water partition coefficient (Wildman–Crippen LogP) is 3.00. The zero-order valence-corrected chi connectivity index (χ0v) is 17.1. The van der Waals surface area contributed by atoms with Crippen LogP contribution in [0.5, 0.6) is 11.5 Å². The van der Waals surface area contributed by atoms with Crippen molar-refractivity contribution in [3.63, 3.8) is 0 Å². The second-order valence-electron chi connectivity index (χ2n) is 6.58. The van der Waals surface area contributed by atoms with Gasteiger partial charge in [0.15, 0.2) is 11.5 Å². The van der Waals surface area contributed by atoms with Gasteiger partial charge in [0.25, 0.3) is 0 Å². The van der Waals surface area contributed by atoms with E-state index in [0.29, 0.717) is 18.2 Å². The number of hydrogen-bond acceptors (Lipinski definition) is 5. The normalized spacial score (nSPS) is 13.2. The van der Waals surface area contributed by atoms with Crippen molar-refractivity contribution in [3.8, 4) is 11.5 Å². The van der Waals surface area contributed by atoms with Gasteiger partial charge in [0.1, 0.15) is 0 Å². The highest BCUT2D eigenvalue weighted by atomic mass is 16.5. The van der Waals surface area contributed by atoms with Gasteiger partial charge >= 0.3 is 11.9 Å². The fourth-order valence-corrected chi connectivity index (χ4v) is 3.38. The first-order valence-corrected chi connectivity index (χ1v) is 9.47. The van der Waals surface area contributed by atoms with Crippen LogP contribution in [0.15, 0.2) is 24.3 Å². The summed E-state index contributed by atoms with van der Waals surface area (Å²) < 4.78 is 10.8. The smallest absolute Gasteiger partial charge is 0.328 e. The monoisotopic (exact) mass is 393 g/mol. The maximum atomic E-state index is 9.55. The lowest BCUT2D eigenvalue weighted by Gasteiger charge is -2.27. The van der Waals surface area contributed by atoms with Crippen molar-refractivity contribution < 1.29 is 29.3 Å². The molecular formula is C21H31NO6. The summed E-state index contributed by atoms with van der Waals surface area (Å²) in [7, 11) is 3.41. The van der Waals surface area contributed by atoms with Crippen molar-refractivity contribution in [1.82, 2.24) is 4.90 Å². The van der Waals surface area contributed by atoms with Crippen molar-refractivity contribution in [2.24, 2.45) is 0 Å². The lowest BCUT2D eigenvalue weighted by molar-refractivity contribution is -0.134. The summed E-state index contributed by atoms with van der Waals surface area (Å²) in [6, 6.07) is 4.95. The number of methoxy groups -OCH3 is 2. The van der Waals surface area contributed by atoms with Gasteiger partial charge in [0.2, 0.25) is 0 Å². The van der Waals surface area contributed by atoms with Crippen LogP contribution < -0.4 is 9.47 Å². The van der Waals surface area contributed by atoms with E-state index in [4.69, 9.17) is 19.7 Å². The van der Waals surface area contributed by atoms with Gasteiger partial charge in [-0.3, -0.25) is 4.90 Å². The van der Waals surface area contributed by atoms with Gasteiger partial charge in [0, 0.05) is 18.2 Å². The molecule has 0 amide bonds. The second-order valence-corrected chi connectivity index (χ2v) is 6.58. The van der Waals surface area contributed by atoms with Crippen molar-refractivity contribution in [2.45, 2.75) is 45.6 Å². The van der Waals surface area contributed by atoms with Gasteiger partial charge in [0.05, 0.1) is 14.2 Å². The number of fused-ring (bicyclic) bond motifs is 1. The first kappa shape index (κ1) is 23.5. The summed E-state index contributed by atoms with van der Waals surface area (Å²) in [6.45, 7) is 6.91. The summed E-state index contributed by atoms with van der Waals surface area (Å²) in [5.41, 5.74) is 2.84. The zero-order chi connectivity index (χ0) is 21.1. The SMILES string of the molecule is CCCN(CCC)C1Cc2cc(OC)c(OC)cc2C1.O=C(O)/C=C/C(=O)O. The molecule has 7 heteroatoms. The van der Waals surface area contributed by atoms with Crippen LogP contribution >= 0.6 is 0 Å². The van der Waals surface area contributed by atoms with E-state index in [9.17, 15) is 9.59 Å². The quantitative estimate of drug-likeness (QED) is 0.623. The second kappa shape index (κ2) is 12.0. The molecule has 1 aromatic carbocycles. The standard InChI is InChI=1S/C17H27NO2.C4H4O4/c1-5-7-18(8-6-2)15-9-13-11-16(19-3)17(20-4)12-14(13)10-15;5-3(6)1-2-4(7)8/h11-12,15H,5-10H2,1-4H3;1-2H,(H,5,6)(H,7,8)/b;2-1+. The minimum Gasteiger partial charge on any atom is -0.493 e. The molecule has 0 bridgehead atoms.